The van der Waals surface area contributed by atoms with Crippen LogP contribution in [0.25, 0.3) is 0 Å². The Morgan fingerprint density at radius 1 is 1.44 bits per heavy atom. The van der Waals surface area contributed by atoms with E-state index in [2.05, 4.69) is 5.32 Å². The van der Waals surface area contributed by atoms with E-state index in [1.54, 1.807) is 6.07 Å². The van der Waals surface area contributed by atoms with Crippen LogP contribution in [-0.4, -0.2) is 36.4 Å². The molecule has 7 heteroatoms. The third-order valence-electron chi connectivity index (χ3n) is 2.17. The Bertz CT molecular complexity index is 401. The maximum Gasteiger partial charge on any atom is 0.293 e. The van der Waals surface area contributed by atoms with E-state index in [-0.39, 0.29) is 12.3 Å². The van der Waals surface area contributed by atoms with Gasteiger partial charge in [0.25, 0.3) is 5.69 Å². The summed E-state index contributed by atoms with van der Waals surface area (Å²) in [6, 6.07) is 5.05. The number of halogens is 1. The summed E-state index contributed by atoms with van der Waals surface area (Å²) < 4.78 is 5.92. The van der Waals surface area contributed by atoms with Gasteiger partial charge in [0.1, 0.15) is 5.69 Å². The summed E-state index contributed by atoms with van der Waals surface area (Å²) in [6.07, 6.45) is 0.725. The summed E-state index contributed by atoms with van der Waals surface area (Å²) in [5.41, 5.74) is 0.598. The zero-order valence-electron chi connectivity index (χ0n) is 9.76. The molecule has 0 saturated heterocycles. The Labute approximate surface area is 119 Å². The van der Waals surface area contributed by atoms with Gasteiger partial charge in [0.05, 0.1) is 18.1 Å². The summed E-state index contributed by atoms with van der Waals surface area (Å²) in [6.45, 7) is 1.44. The molecule has 0 spiro atoms. The highest BCUT2D eigenvalue weighted by atomic mass is 127. The first-order valence-electron chi connectivity index (χ1n) is 5.51. The van der Waals surface area contributed by atoms with Crippen molar-refractivity contribution in [2.45, 2.75) is 6.42 Å². The summed E-state index contributed by atoms with van der Waals surface area (Å²) in [5.74, 6) is 0. The zero-order valence-corrected chi connectivity index (χ0v) is 11.9. The fourth-order valence-corrected chi connectivity index (χ4v) is 1.84. The number of hydrogen-bond acceptors (Lipinski definition) is 5. The van der Waals surface area contributed by atoms with Crippen LogP contribution in [0.2, 0.25) is 0 Å². The van der Waals surface area contributed by atoms with Gasteiger partial charge in [-0.05, 0) is 41.1 Å². The monoisotopic (exact) mass is 366 g/mol. The molecule has 1 aromatic rings. The van der Waals surface area contributed by atoms with Gasteiger partial charge in [0.2, 0.25) is 0 Å². The minimum absolute atomic E-state index is 0.00994. The van der Waals surface area contributed by atoms with Gasteiger partial charge >= 0.3 is 0 Å². The number of benzene rings is 1. The van der Waals surface area contributed by atoms with Gasteiger partial charge in [-0.1, -0.05) is 0 Å². The van der Waals surface area contributed by atoms with Gasteiger partial charge in [0, 0.05) is 22.8 Å². The molecule has 0 fully saturated rings. The standard InChI is InChI=1S/C11H15IN2O4/c12-9-2-3-10(11(8-9)14(16)17)13-4-1-6-18-7-5-15/h2-3,8,13,15H,1,4-7H2. The fourth-order valence-electron chi connectivity index (χ4n) is 1.37. The number of nitrogens with one attached hydrogen (secondary N) is 1. The highest BCUT2D eigenvalue weighted by Gasteiger charge is 2.13. The predicted octanol–water partition coefficient (Wildman–Crippen LogP) is 2.01. The number of nitro benzene ring substituents is 1. The summed E-state index contributed by atoms with van der Waals surface area (Å²) in [4.78, 5) is 10.5. The molecule has 6 nitrogen and oxygen atoms in total. The molecular weight excluding hydrogens is 351 g/mol. The number of nitrogens with zero attached hydrogens (tertiary/aromatic N) is 1. The number of ether oxygens (including phenoxy) is 1. The van der Waals surface area contributed by atoms with Gasteiger partial charge in [-0.2, -0.15) is 0 Å². The number of hydrogen-bond donors (Lipinski definition) is 2. The second kappa shape index (κ2) is 8.22. The van der Waals surface area contributed by atoms with Crippen molar-refractivity contribution in [3.05, 3.63) is 31.9 Å². The van der Waals surface area contributed by atoms with Gasteiger partial charge in [-0.3, -0.25) is 10.1 Å². The average Bonchev–Trinajstić information content (AvgIpc) is 2.35. The van der Waals surface area contributed by atoms with Gasteiger partial charge in [-0.15, -0.1) is 0 Å². The first-order chi connectivity index (χ1) is 8.65. The SMILES string of the molecule is O=[N+]([O-])c1cc(I)ccc1NCCCOCCO. The van der Waals surface area contributed by atoms with E-state index in [1.165, 1.54) is 6.07 Å². The normalized spacial score (nSPS) is 10.3. The highest BCUT2D eigenvalue weighted by Crippen LogP contribution is 2.26. The minimum Gasteiger partial charge on any atom is -0.394 e. The van der Waals surface area contributed by atoms with E-state index in [1.807, 2.05) is 28.7 Å². The van der Waals surface area contributed by atoms with Crippen molar-refractivity contribution < 1.29 is 14.8 Å². The van der Waals surface area contributed by atoms with Crippen LogP contribution in [0.4, 0.5) is 11.4 Å². The van der Waals surface area contributed by atoms with Gasteiger partial charge in [0.15, 0.2) is 0 Å². The Morgan fingerprint density at radius 2 is 2.22 bits per heavy atom. The smallest absolute Gasteiger partial charge is 0.293 e. The van der Waals surface area contributed by atoms with E-state index < -0.39 is 4.92 Å². The maximum atomic E-state index is 10.9. The number of rotatable bonds is 8. The Balaban J connectivity index is 2.44. The van der Waals surface area contributed by atoms with Crippen LogP contribution in [0, 0.1) is 13.7 Å². The molecule has 1 aromatic carbocycles. The van der Waals surface area contributed by atoms with E-state index >= 15 is 0 Å². The van der Waals surface area contributed by atoms with E-state index in [0.717, 1.165) is 9.99 Å². The molecule has 0 aromatic heterocycles. The van der Waals surface area contributed by atoms with Crippen LogP contribution in [0.1, 0.15) is 6.42 Å². The molecule has 0 aliphatic carbocycles. The summed E-state index contributed by atoms with van der Waals surface area (Å²) in [7, 11) is 0. The quantitative estimate of drug-likeness (QED) is 0.318. The number of anilines is 1. The molecule has 0 amide bonds. The summed E-state index contributed by atoms with van der Waals surface area (Å²) >= 11 is 2.04. The van der Waals surface area contributed by atoms with Crippen molar-refractivity contribution in [1.29, 1.82) is 0 Å². The molecular formula is C11H15IN2O4. The predicted molar refractivity (Wildman–Crippen MR) is 76.8 cm³/mol. The lowest BCUT2D eigenvalue weighted by Gasteiger charge is -2.07. The third-order valence-corrected chi connectivity index (χ3v) is 2.84. The lowest BCUT2D eigenvalue weighted by Crippen LogP contribution is -2.08. The third kappa shape index (κ3) is 5.15. The van der Waals surface area contributed by atoms with Crippen LogP contribution < -0.4 is 5.32 Å². The molecule has 18 heavy (non-hydrogen) atoms. The first kappa shape index (κ1) is 15.1. The molecule has 0 unspecified atom stereocenters. The number of nitro groups is 1. The van der Waals surface area contributed by atoms with Crippen LogP contribution in [0.3, 0.4) is 0 Å². The summed E-state index contributed by atoms with van der Waals surface area (Å²) in [5, 5.41) is 22.4. The van der Waals surface area contributed by atoms with Crippen molar-refractivity contribution in [1.82, 2.24) is 0 Å². The second-order valence-corrected chi connectivity index (χ2v) is 4.78. The maximum absolute atomic E-state index is 10.9. The van der Waals surface area contributed by atoms with Crippen LogP contribution in [0.5, 0.6) is 0 Å². The molecule has 100 valence electrons. The molecule has 0 aliphatic rings. The lowest BCUT2D eigenvalue weighted by molar-refractivity contribution is -0.384. The van der Waals surface area contributed by atoms with Crippen LogP contribution >= 0.6 is 22.6 Å². The average molecular weight is 366 g/mol. The molecule has 0 heterocycles. The van der Waals surface area contributed by atoms with E-state index in [9.17, 15) is 10.1 Å². The fraction of sp³-hybridized carbons (Fsp3) is 0.455. The van der Waals surface area contributed by atoms with E-state index in [4.69, 9.17) is 9.84 Å². The lowest BCUT2D eigenvalue weighted by atomic mass is 10.2. The molecule has 0 atom stereocenters. The van der Waals surface area contributed by atoms with Crippen LogP contribution in [0.15, 0.2) is 18.2 Å². The number of aliphatic hydroxyl groups is 1. The Hall–Kier alpha value is -0.930. The molecule has 0 aliphatic heterocycles. The molecule has 2 N–H and O–H groups in total. The van der Waals surface area contributed by atoms with Crippen molar-refractivity contribution in [2.24, 2.45) is 0 Å². The van der Waals surface area contributed by atoms with Crippen molar-refractivity contribution in [2.75, 3.05) is 31.7 Å². The largest absolute Gasteiger partial charge is 0.394 e. The molecule has 0 saturated carbocycles. The van der Waals surface area contributed by atoms with E-state index in [0.29, 0.717) is 25.4 Å². The molecule has 1 rings (SSSR count). The van der Waals surface area contributed by atoms with Crippen molar-refractivity contribution in [3.8, 4) is 0 Å². The Morgan fingerprint density at radius 3 is 2.89 bits per heavy atom. The topological polar surface area (TPSA) is 84.6 Å². The molecule has 0 radical (unpaired) electrons. The minimum atomic E-state index is -0.396. The number of aliphatic hydroxyl groups excluding tert-OH is 1. The zero-order chi connectivity index (χ0) is 13.4. The van der Waals surface area contributed by atoms with Crippen LogP contribution in [-0.2, 0) is 4.74 Å². The Kier molecular flexibility index (Phi) is 6.91. The van der Waals surface area contributed by atoms with Crippen molar-refractivity contribution in [3.63, 3.8) is 0 Å². The first-order valence-corrected chi connectivity index (χ1v) is 6.59. The molecule has 0 bridgehead atoms. The van der Waals surface area contributed by atoms with Gasteiger partial charge in [-0.25, -0.2) is 0 Å². The highest BCUT2D eigenvalue weighted by molar-refractivity contribution is 14.1. The van der Waals surface area contributed by atoms with Gasteiger partial charge < -0.3 is 15.2 Å². The van der Waals surface area contributed by atoms with Crippen molar-refractivity contribution >= 4 is 34.0 Å². The second-order valence-electron chi connectivity index (χ2n) is 3.53.